The molecule has 0 saturated heterocycles. The molecule has 0 saturated carbocycles. The minimum absolute atomic E-state index is 0. The number of hydrogen-bond acceptors (Lipinski definition) is 0. The fourth-order valence-corrected chi connectivity index (χ4v) is 2.01. The van der Waals surface area contributed by atoms with E-state index in [1.807, 2.05) is 48.5 Å². The van der Waals surface area contributed by atoms with Gasteiger partial charge in [0.2, 0.25) is 0 Å². The van der Waals surface area contributed by atoms with E-state index in [0.717, 1.165) is 0 Å². The standard InChI is InChI=1S/C9H7.2C7H7.C3H9P.2CO.Ir/c1-2-5-9-7-3-6-8(9)4-1;2*1-7-5-3-2-4-6-7;1-4(2)3;2*1-2;/h1-7H;2*3-6H,1H3;1-3H3;;;/q3*-1;;;;+3. The van der Waals surface area contributed by atoms with Crippen molar-refractivity contribution in [1.29, 1.82) is 0 Å². The van der Waals surface area contributed by atoms with E-state index < -0.39 is 0 Å². The van der Waals surface area contributed by atoms with Crippen LogP contribution in [0.2, 0.25) is 0 Å². The van der Waals surface area contributed by atoms with E-state index in [-0.39, 0.29) is 20.1 Å². The third kappa shape index (κ3) is 21.1. The Balaban J connectivity index is -0.000000339. The summed E-state index contributed by atoms with van der Waals surface area (Å²) in [4.78, 5) is 0. The molecule has 0 amide bonds. The summed E-state index contributed by atoms with van der Waals surface area (Å²) in [5.41, 5.74) is 2.58. The van der Waals surface area contributed by atoms with Crippen LogP contribution in [0.5, 0.6) is 0 Å². The fourth-order valence-electron chi connectivity index (χ4n) is 2.01. The van der Waals surface area contributed by atoms with Gasteiger partial charge in [-0.25, -0.2) is 0 Å². The Labute approximate surface area is 209 Å². The van der Waals surface area contributed by atoms with Crippen molar-refractivity contribution < 1.29 is 29.4 Å². The topological polar surface area (TPSA) is 39.8 Å². The van der Waals surface area contributed by atoms with Gasteiger partial charge in [0.1, 0.15) is 0 Å². The molecule has 168 valence electrons. The third-order valence-electron chi connectivity index (χ3n) is 3.32. The molecule has 0 radical (unpaired) electrons. The maximum atomic E-state index is 7.50. The predicted octanol–water partition coefficient (Wildman–Crippen LogP) is 7.43. The number of hydrogen-bond donors (Lipinski definition) is 0. The molecule has 0 unspecified atom stereocenters. The van der Waals surface area contributed by atoms with Crippen LogP contribution in [0.4, 0.5) is 0 Å². The van der Waals surface area contributed by atoms with E-state index in [4.69, 9.17) is 9.30 Å². The number of aryl methyl sites for hydroxylation is 2. The Bertz CT molecular complexity index is 853. The number of benzene rings is 3. The molecular weight excluding hydrogens is 591 g/mol. The zero-order valence-electron chi connectivity index (χ0n) is 19.3. The van der Waals surface area contributed by atoms with Crippen molar-refractivity contribution in [3.05, 3.63) is 128 Å². The molecule has 0 aliphatic carbocycles. The van der Waals surface area contributed by atoms with Crippen LogP contribution in [0.1, 0.15) is 11.1 Å². The third-order valence-corrected chi connectivity index (χ3v) is 3.32. The molecule has 4 heteroatoms. The molecular formula is C28H30IrO2P. The molecule has 4 aromatic carbocycles. The Morgan fingerprint density at radius 1 is 0.688 bits per heavy atom. The normalized spacial score (nSPS) is 7.94. The Hall–Kier alpha value is -2.17. The van der Waals surface area contributed by atoms with Crippen molar-refractivity contribution in [1.82, 2.24) is 0 Å². The molecule has 0 aliphatic heterocycles. The van der Waals surface area contributed by atoms with Gasteiger partial charge in [-0.2, -0.15) is 89.3 Å². The molecule has 0 atom stereocenters. The van der Waals surface area contributed by atoms with Gasteiger partial charge in [-0.3, -0.25) is 0 Å². The summed E-state index contributed by atoms with van der Waals surface area (Å²) in [6, 6.07) is 36.3. The predicted molar refractivity (Wildman–Crippen MR) is 132 cm³/mol. The van der Waals surface area contributed by atoms with Gasteiger partial charge in [0.15, 0.2) is 0 Å². The maximum absolute atomic E-state index is 7.50. The van der Waals surface area contributed by atoms with Crippen molar-refractivity contribution >= 4 is 18.7 Å². The van der Waals surface area contributed by atoms with E-state index >= 15 is 0 Å². The van der Waals surface area contributed by atoms with Gasteiger partial charge in [0.25, 0.3) is 0 Å². The van der Waals surface area contributed by atoms with E-state index in [1.165, 1.54) is 21.9 Å². The molecule has 0 spiro atoms. The van der Waals surface area contributed by atoms with Crippen molar-refractivity contribution in [3.8, 4) is 0 Å². The van der Waals surface area contributed by atoms with Crippen LogP contribution in [0.25, 0.3) is 10.8 Å². The van der Waals surface area contributed by atoms with Gasteiger partial charge < -0.3 is 0 Å². The van der Waals surface area contributed by atoms with Crippen LogP contribution in [0, 0.1) is 39.3 Å². The molecule has 32 heavy (non-hydrogen) atoms. The van der Waals surface area contributed by atoms with Crippen LogP contribution in [-0.2, 0) is 29.4 Å². The first-order chi connectivity index (χ1) is 15.0. The van der Waals surface area contributed by atoms with E-state index in [2.05, 4.69) is 102 Å². The van der Waals surface area contributed by atoms with Crippen molar-refractivity contribution in [2.24, 2.45) is 0 Å². The molecule has 0 aliphatic rings. The summed E-state index contributed by atoms with van der Waals surface area (Å²) in [5.74, 6) is 0. The summed E-state index contributed by atoms with van der Waals surface area (Å²) in [6.45, 7) is 19.8. The second-order valence-corrected chi connectivity index (χ2v) is 9.33. The summed E-state index contributed by atoms with van der Waals surface area (Å²) in [7, 11) is 0.380. The molecule has 4 aromatic rings. The Kier molecular flexibility index (Phi) is 27.0. The molecule has 0 fully saturated rings. The SMILES string of the molecule is CP(C)C.Cc1cc[c-]cc1.Cc1cc[c-]cc1.[C-]#[O+].[C-]#[O+].[Ir+3].c1ccc2[cH-]ccc2c1. The first-order valence-corrected chi connectivity index (χ1v) is 12.1. The maximum Gasteiger partial charge on any atom is 3.00 e. The first-order valence-electron chi connectivity index (χ1n) is 9.46. The average molecular weight is 622 g/mol. The molecule has 0 aromatic heterocycles. The van der Waals surface area contributed by atoms with Gasteiger partial charge in [0, 0.05) is 0 Å². The first kappa shape index (κ1) is 34.4. The van der Waals surface area contributed by atoms with Gasteiger partial charge in [-0.15, -0.1) is 37.6 Å². The van der Waals surface area contributed by atoms with E-state index in [9.17, 15) is 0 Å². The zero-order chi connectivity index (χ0) is 23.9. The molecule has 0 heterocycles. The summed E-state index contributed by atoms with van der Waals surface area (Å²) in [6.07, 6.45) is 0. The zero-order valence-corrected chi connectivity index (χ0v) is 22.5. The summed E-state index contributed by atoms with van der Waals surface area (Å²) >= 11 is 0. The smallest absolute Gasteiger partial charge is 0.168 e. The second-order valence-electron chi connectivity index (χ2n) is 6.65. The quantitative estimate of drug-likeness (QED) is 0.111. The minimum Gasteiger partial charge on any atom is -0.168 e. The van der Waals surface area contributed by atoms with Crippen LogP contribution in [-0.4, -0.2) is 20.0 Å². The van der Waals surface area contributed by atoms with Crippen LogP contribution >= 0.6 is 7.92 Å². The van der Waals surface area contributed by atoms with Crippen LogP contribution in [0.15, 0.2) is 91.0 Å². The number of fused-ring (bicyclic) bond motifs is 1. The fraction of sp³-hybridized carbons (Fsp3) is 0.179. The summed E-state index contributed by atoms with van der Waals surface area (Å²) < 4.78 is 15.0. The second kappa shape index (κ2) is 25.1. The van der Waals surface area contributed by atoms with Crippen LogP contribution < -0.4 is 0 Å². The molecule has 0 N–H and O–H groups in total. The number of rotatable bonds is 0. The molecule has 0 bridgehead atoms. The Morgan fingerprint density at radius 3 is 1.38 bits per heavy atom. The van der Waals surface area contributed by atoms with Gasteiger partial charge in [0.05, 0.1) is 0 Å². The van der Waals surface area contributed by atoms with Crippen molar-refractivity contribution in [3.63, 3.8) is 0 Å². The van der Waals surface area contributed by atoms with Crippen molar-refractivity contribution in [2.75, 3.05) is 20.0 Å². The van der Waals surface area contributed by atoms with Gasteiger partial charge in [-0.05, 0) is 20.0 Å². The molecule has 4 rings (SSSR count). The largest absolute Gasteiger partial charge is 3.00 e. The molecule has 2 nitrogen and oxygen atoms in total. The van der Waals surface area contributed by atoms with Gasteiger partial charge in [-0.1, -0.05) is 19.9 Å². The monoisotopic (exact) mass is 622 g/mol. The van der Waals surface area contributed by atoms with E-state index in [0.29, 0.717) is 7.92 Å². The minimum atomic E-state index is 0. The van der Waals surface area contributed by atoms with Crippen LogP contribution in [0.3, 0.4) is 0 Å². The Morgan fingerprint density at radius 2 is 1.06 bits per heavy atom. The van der Waals surface area contributed by atoms with E-state index in [1.54, 1.807) is 0 Å². The van der Waals surface area contributed by atoms with Crippen molar-refractivity contribution in [2.45, 2.75) is 13.8 Å². The van der Waals surface area contributed by atoms with Gasteiger partial charge >= 0.3 is 42.7 Å². The summed E-state index contributed by atoms with van der Waals surface area (Å²) in [5, 5.41) is 2.66. The average Bonchev–Trinajstić information content (AvgIpc) is 3.27.